The van der Waals surface area contributed by atoms with Crippen LogP contribution in [0.3, 0.4) is 0 Å². The molecule has 3 aromatic rings. The number of aromatic nitrogens is 4. The first-order valence-electron chi connectivity index (χ1n) is 10.4. The number of hydrogen-bond donors (Lipinski definition) is 2. The van der Waals surface area contributed by atoms with E-state index >= 15 is 0 Å². The molecule has 2 aromatic heterocycles. The van der Waals surface area contributed by atoms with Gasteiger partial charge in [0.15, 0.2) is 28.5 Å². The lowest BCUT2D eigenvalue weighted by Gasteiger charge is -2.12. The predicted octanol–water partition coefficient (Wildman–Crippen LogP) is 2.44. The molecule has 0 amide bonds. The summed E-state index contributed by atoms with van der Waals surface area (Å²) in [5.74, 6) is 1.98. The molecule has 10 nitrogen and oxygen atoms in total. The first-order valence-corrected chi connectivity index (χ1v) is 13.1. The van der Waals surface area contributed by atoms with Gasteiger partial charge in [0.1, 0.15) is 5.82 Å². The predicted molar refractivity (Wildman–Crippen MR) is 129 cm³/mol. The van der Waals surface area contributed by atoms with E-state index in [1.807, 2.05) is 26.0 Å². The first-order chi connectivity index (χ1) is 15.6. The molecule has 0 bridgehead atoms. The van der Waals surface area contributed by atoms with Crippen LogP contribution in [0.2, 0.25) is 0 Å². The van der Waals surface area contributed by atoms with Crippen molar-refractivity contribution < 1.29 is 22.3 Å². The van der Waals surface area contributed by atoms with E-state index in [-0.39, 0.29) is 36.5 Å². The number of halogens is 2. The maximum atomic E-state index is 13.9. The monoisotopic (exact) mass is 590 g/mol. The molecule has 0 fully saturated rings. The second-order valence-electron chi connectivity index (χ2n) is 8.13. The molecule has 3 heterocycles. The smallest absolute Gasteiger partial charge is 0.312 e. The summed E-state index contributed by atoms with van der Waals surface area (Å²) in [5, 5.41) is 0. The molecular formula is C20H24FIN6O4S. The van der Waals surface area contributed by atoms with Gasteiger partial charge in [0, 0.05) is 23.1 Å². The minimum atomic E-state index is -3.36. The number of nitrogen functional groups attached to an aromatic ring is 1. The van der Waals surface area contributed by atoms with E-state index in [0.29, 0.717) is 42.2 Å². The third-order valence-corrected chi connectivity index (χ3v) is 7.75. The maximum Gasteiger partial charge on any atom is 0.312 e. The Morgan fingerprint density at radius 3 is 2.70 bits per heavy atom. The Bertz CT molecular complexity index is 1300. The second kappa shape index (κ2) is 9.54. The lowest BCUT2D eigenvalue weighted by Crippen LogP contribution is -2.30. The van der Waals surface area contributed by atoms with Crippen LogP contribution >= 0.6 is 22.6 Å². The highest BCUT2D eigenvalue weighted by atomic mass is 127. The Balaban J connectivity index is 1.60. The summed E-state index contributed by atoms with van der Waals surface area (Å²) in [6.45, 7) is 4.47. The Morgan fingerprint density at radius 2 is 1.97 bits per heavy atom. The average Bonchev–Trinajstić information content (AvgIpc) is 3.29. The van der Waals surface area contributed by atoms with Crippen LogP contribution in [0.5, 0.6) is 11.5 Å². The summed E-state index contributed by atoms with van der Waals surface area (Å²) in [5.41, 5.74) is 7.43. The van der Waals surface area contributed by atoms with Crippen molar-refractivity contribution in [1.82, 2.24) is 24.2 Å². The number of sulfonamides is 1. The number of aryl methyl sites for hydroxylation is 1. The van der Waals surface area contributed by atoms with E-state index in [1.165, 1.54) is 0 Å². The average molecular weight is 590 g/mol. The lowest BCUT2D eigenvalue weighted by atomic mass is 10.1. The minimum Gasteiger partial charge on any atom is -0.454 e. The Hall–Kier alpha value is -2.26. The van der Waals surface area contributed by atoms with E-state index < -0.39 is 16.1 Å². The van der Waals surface area contributed by atoms with Gasteiger partial charge in [-0.25, -0.2) is 18.1 Å². The van der Waals surface area contributed by atoms with Crippen LogP contribution in [0.25, 0.3) is 11.2 Å². The summed E-state index contributed by atoms with van der Waals surface area (Å²) in [6.07, 6.45) is -0.0756. The third-order valence-electron chi connectivity index (χ3n) is 5.00. The van der Waals surface area contributed by atoms with Crippen molar-refractivity contribution >= 4 is 49.6 Å². The van der Waals surface area contributed by atoms with E-state index in [4.69, 9.17) is 15.2 Å². The van der Waals surface area contributed by atoms with Crippen LogP contribution in [-0.2, 0) is 23.0 Å². The molecule has 1 aliphatic rings. The van der Waals surface area contributed by atoms with Gasteiger partial charge in [-0.15, -0.1) is 0 Å². The molecular weight excluding hydrogens is 566 g/mol. The van der Waals surface area contributed by atoms with Gasteiger partial charge < -0.3 is 19.8 Å². The summed E-state index contributed by atoms with van der Waals surface area (Å²) in [6, 6.07) is 3.78. The van der Waals surface area contributed by atoms with Gasteiger partial charge in [0.05, 0.1) is 5.75 Å². The summed E-state index contributed by atoms with van der Waals surface area (Å²) >= 11 is 2.21. The van der Waals surface area contributed by atoms with Crippen molar-refractivity contribution in [3.63, 3.8) is 0 Å². The van der Waals surface area contributed by atoms with Crippen LogP contribution in [0.4, 0.5) is 10.2 Å². The molecule has 0 saturated carbocycles. The number of anilines is 1. The number of imidazole rings is 1. The zero-order valence-corrected chi connectivity index (χ0v) is 21.1. The Labute approximate surface area is 204 Å². The molecule has 0 spiro atoms. The highest BCUT2D eigenvalue weighted by Gasteiger charge is 2.21. The molecule has 0 unspecified atom stereocenters. The fraction of sp³-hybridized carbons (Fsp3) is 0.450. The van der Waals surface area contributed by atoms with Gasteiger partial charge in [-0.1, -0.05) is 13.8 Å². The van der Waals surface area contributed by atoms with Crippen molar-refractivity contribution in [3.8, 4) is 11.5 Å². The van der Waals surface area contributed by atoms with Gasteiger partial charge in [0.2, 0.25) is 16.8 Å². The first kappa shape index (κ1) is 23.9. The number of ether oxygens (including phenoxy) is 2. The SMILES string of the molecule is CC(C)CS(=O)(=O)NCCCn1c(Cc2cc3c(cc2I)OCO3)nc2c(N)nc(F)nc21. The van der Waals surface area contributed by atoms with Crippen molar-refractivity contribution in [2.24, 2.45) is 5.92 Å². The van der Waals surface area contributed by atoms with Gasteiger partial charge in [-0.05, 0) is 52.6 Å². The zero-order chi connectivity index (χ0) is 23.8. The van der Waals surface area contributed by atoms with E-state index in [2.05, 4.69) is 42.3 Å². The van der Waals surface area contributed by atoms with Crippen LogP contribution in [0, 0.1) is 15.6 Å². The summed E-state index contributed by atoms with van der Waals surface area (Å²) in [4.78, 5) is 12.1. The van der Waals surface area contributed by atoms with Crippen molar-refractivity contribution in [2.45, 2.75) is 33.2 Å². The molecule has 1 aromatic carbocycles. The minimum absolute atomic E-state index is 0.0264. The van der Waals surface area contributed by atoms with Crippen LogP contribution < -0.4 is 19.9 Å². The van der Waals surface area contributed by atoms with Crippen LogP contribution in [0.15, 0.2) is 12.1 Å². The zero-order valence-electron chi connectivity index (χ0n) is 18.1. The van der Waals surface area contributed by atoms with Crippen LogP contribution in [0.1, 0.15) is 31.7 Å². The fourth-order valence-corrected chi connectivity index (χ4v) is 5.72. The quantitative estimate of drug-likeness (QED) is 0.221. The molecule has 0 aliphatic carbocycles. The van der Waals surface area contributed by atoms with Crippen molar-refractivity contribution in [2.75, 3.05) is 24.8 Å². The van der Waals surface area contributed by atoms with Crippen molar-refractivity contribution in [1.29, 1.82) is 0 Å². The standard InChI is InChI=1S/C20H24FIN6O4S/c1-11(2)9-33(29,30)24-4-3-5-28-16(25-17-18(23)26-20(21)27-19(17)28)7-12-6-14-15(8-13(12)22)32-10-31-14/h6,8,11,24H,3-5,7,9-10H2,1-2H3,(H2,23,26,27). The molecule has 3 N–H and O–H groups in total. The number of nitrogens with two attached hydrogens (primary N) is 1. The molecule has 13 heteroatoms. The van der Waals surface area contributed by atoms with E-state index in [1.54, 1.807) is 4.57 Å². The largest absolute Gasteiger partial charge is 0.454 e. The van der Waals surface area contributed by atoms with Gasteiger partial charge >= 0.3 is 6.08 Å². The third kappa shape index (κ3) is 5.46. The number of hydrogen-bond acceptors (Lipinski definition) is 8. The Morgan fingerprint density at radius 1 is 1.24 bits per heavy atom. The number of rotatable bonds is 9. The molecule has 1 aliphatic heterocycles. The maximum absolute atomic E-state index is 13.9. The van der Waals surface area contributed by atoms with E-state index in [9.17, 15) is 12.8 Å². The molecule has 0 atom stereocenters. The summed E-state index contributed by atoms with van der Waals surface area (Å²) in [7, 11) is -3.36. The number of fused-ring (bicyclic) bond motifs is 2. The summed E-state index contributed by atoms with van der Waals surface area (Å²) < 4.78 is 54.4. The second-order valence-corrected chi connectivity index (χ2v) is 11.1. The molecule has 0 radical (unpaired) electrons. The lowest BCUT2D eigenvalue weighted by molar-refractivity contribution is 0.174. The van der Waals surface area contributed by atoms with Crippen molar-refractivity contribution in [3.05, 3.63) is 33.2 Å². The van der Waals surface area contributed by atoms with Crippen LogP contribution in [-0.4, -0.2) is 47.0 Å². The fourth-order valence-electron chi connectivity index (χ4n) is 3.64. The highest BCUT2D eigenvalue weighted by Crippen LogP contribution is 2.36. The highest BCUT2D eigenvalue weighted by molar-refractivity contribution is 14.1. The van der Waals surface area contributed by atoms with Gasteiger partial charge in [-0.2, -0.15) is 14.4 Å². The van der Waals surface area contributed by atoms with Gasteiger partial charge in [0.25, 0.3) is 0 Å². The Kier molecular flexibility index (Phi) is 6.91. The topological polar surface area (TPSA) is 134 Å². The van der Waals surface area contributed by atoms with E-state index in [0.717, 1.165) is 9.13 Å². The normalized spacial score (nSPS) is 13.4. The number of nitrogens with one attached hydrogen (secondary N) is 1. The molecule has 33 heavy (non-hydrogen) atoms. The molecule has 0 saturated heterocycles. The molecule has 4 rings (SSSR count). The number of nitrogens with zero attached hydrogens (tertiary/aromatic N) is 4. The van der Waals surface area contributed by atoms with Gasteiger partial charge in [-0.3, -0.25) is 0 Å². The number of benzene rings is 1. The molecule has 178 valence electrons.